The number of hydrogen-bond acceptors (Lipinski definition) is 5. The molecule has 1 atom stereocenters. The van der Waals surface area contributed by atoms with E-state index >= 15 is 0 Å². The van der Waals surface area contributed by atoms with E-state index in [1.54, 1.807) is 62.8 Å². The van der Waals surface area contributed by atoms with Crippen LogP contribution in [-0.4, -0.2) is 32.1 Å². The van der Waals surface area contributed by atoms with E-state index in [2.05, 4.69) is 5.32 Å². The molecule has 1 aliphatic rings. The van der Waals surface area contributed by atoms with Crippen molar-refractivity contribution in [1.82, 2.24) is 5.32 Å². The van der Waals surface area contributed by atoms with Gasteiger partial charge in [-0.15, -0.1) is 0 Å². The second kappa shape index (κ2) is 9.96. The first-order valence-electron chi connectivity index (χ1n) is 9.90. The van der Waals surface area contributed by atoms with Gasteiger partial charge < -0.3 is 19.5 Å². The fourth-order valence-corrected chi connectivity index (χ4v) is 3.51. The van der Waals surface area contributed by atoms with Gasteiger partial charge >= 0.3 is 6.09 Å². The number of carbonyl (C=O) groups excluding carboxylic acids is 2. The van der Waals surface area contributed by atoms with Crippen LogP contribution in [0.25, 0.3) is 0 Å². The minimum absolute atomic E-state index is 0.101. The van der Waals surface area contributed by atoms with E-state index in [-0.39, 0.29) is 11.8 Å². The molecule has 1 fully saturated rings. The van der Waals surface area contributed by atoms with Crippen molar-refractivity contribution < 1.29 is 23.8 Å². The molecular formula is C23H27NO5. The smallest absolute Gasteiger partial charge is 0.408 e. The van der Waals surface area contributed by atoms with Gasteiger partial charge in [0.2, 0.25) is 5.78 Å². The summed E-state index contributed by atoms with van der Waals surface area (Å²) >= 11 is 0. The maximum atomic E-state index is 13.2. The number of methoxy groups -OCH3 is 2. The van der Waals surface area contributed by atoms with Crippen LogP contribution in [0.4, 0.5) is 4.79 Å². The third-order valence-electron chi connectivity index (χ3n) is 5.18. The average Bonchev–Trinajstić information content (AvgIpc) is 2.78. The highest BCUT2D eigenvalue weighted by molar-refractivity contribution is 6.01. The topological polar surface area (TPSA) is 73.9 Å². The van der Waals surface area contributed by atoms with Gasteiger partial charge in [-0.05, 0) is 49.2 Å². The molecule has 2 aromatic carbocycles. The van der Waals surface area contributed by atoms with Crippen LogP contribution in [0, 0.1) is 0 Å². The molecule has 1 saturated carbocycles. The summed E-state index contributed by atoms with van der Waals surface area (Å²) in [4.78, 5) is 25.7. The van der Waals surface area contributed by atoms with E-state index < -0.39 is 12.2 Å². The Hall–Kier alpha value is -3.02. The van der Waals surface area contributed by atoms with Gasteiger partial charge in [0, 0.05) is 17.2 Å². The Morgan fingerprint density at radius 3 is 1.97 bits per heavy atom. The zero-order valence-electron chi connectivity index (χ0n) is 16.9. The minimum atomic E-state index is -1.04. The average molecular weight is 397 g/mol. The molecule has 1 N–H and O–H groups in total. The largest absolute Gasteiger partial charge is 0.497 e. The molecular weight excluding hydrogens is 370 g/mol. The fraction of sp³-hybridized carbons (Fsp3) is 0.391. The molecule has 1 amide bonds. The number of benzene rings is 2. The van der Waals surface area contributed by atoms with Crippen molar-refractivity contribution in [3.63, 3.8) is 0 Å². The predicted molar refractivity (Wildman–Crippen MR) is 110 cm³/mol. The molecule has 1 aliphatic carbocycles. The summed E-state index contributed by atoms with van der Waals surface area (Å²) in [7, 11) is 3.14. The van der Waals surface area contributed by atoms with Crippen molar-refractivity contribution in [3.8, 4) is 11.5 Å². The fourth-order valence-electron chi connectivity index (χ4n) is 3.51. The molecule has 2 aromatic rings. The summed E-state index contributed by atoms with van der Waals surface area (Å²) < 4.78 is 15.9. The Morgan fingerprint density at radius 1 is 0.862 bits per heavy atom. The first kappa shape index (κ1) is 20.7. The quantitative estimate of drug-likeness (QED) is 0.686. The normalized spacial score (nSPS) is 15.2. The highest BCUT2D eigenvalue weighted by atomic mass is 16.6. The summed E-state index contributed by atoms with van der Waals surface area (Å²) in [5.74, 6) is 1.02. The van der Waals surface area contributed by atoms with E-state index in [1.165, 1.54) is 6.42 Å². The van der Waals surface area contributed by atoms with Gasteiger partial charge in [0.05, 0.1) is 14.2 Å². The molecule has 3 rings (SSSR count). The second-order valence-electron chi connectivity index (χ2n) is 7.13. The van der Waals surface area contributed by atoms with Crippen LogP contribution >= 0.6 is 0 Å². The van der Waals surface area contributed by atoms with Gasteiger partial charge in [-0.3, -0.25) is 4.79 Å². The first-order valence-corrected chi connectivity index (χ1v) is 9.90. The van der Waals surface area contributed by atoms with Gasteiger partial charge in [-0.1, -0.05) is 31.4 Å². The lowest BCUT2D eigenvalue weighted by molar-refractivity contribution is 0.0613. The van der Waals surface area contributed by atoms with Crippen molar-refractivity contribution >= 4 is 11.9 Å². The molecule has 29 heavy (non-hydrogen) atoms. The zero-order chi connectivity index (χ0) is 20.6. The van der Waals surface area contributed by atoms with Gasteiger partial charge in [-0.25, -0.2) is 4.79 Å². The minimum Gasteiger partial charge on any atom is -0.497 e. The van der Waals surface area contributed by atoms with Gasteiger partial charge in [0.25, 0.3) is 0 Å². The van der Waals surface area contributed by atoms with Crippen molar-refractivity contribution in [1.29, 1.82) is 0 Å². The number of ketones is 1. The Kier molecular flexibility index (Phi) is 7.11. The number of alkyl carbamates (subject to hydrolysis) is 1. The monoisotopic (exact) mass is 397 g/mol. The standard InChI is InChI=1S/C23H27NO5/c1-27-19-12-8-16(9-13-19)21(25)22(17-10-14-20(28-2)15-11-17)29-23(26)24-18-6-4-3-5-7-18/h8-15,18,22H,3-7H2,1-2H3,(H,24,26). The summed E-state index contributed by atoms with van der Waals surface area (Å²) in [6, 6.07) is 13.8. The third-order valence-corrected chi connectivity index (χ3v) is 5.18. The Bertz CT molecular complexity index is 810. The number of Topliss-reactive ketones (excluding diaryl/α,β-unsaturated/α-hetero) is 1. The molecule has 1 unspecified atom stereocenters. The summed E-state index contributed by atoms with van der Waals surface area (Å²) in [6.07, 6.45) is 3.65. The van der Waals surface area contributed by atoms with Crippen LogP contribution in [0.3, 0.4) is 0 Å². The second-order valence-corrected chi connectivity index (χ2v) is 7.13. The molecule has 6 nitrogen and oxygen atoms in total. The van der Waals surface area contributed by atoms with E-state index in [1.807, 2.05) is 0 Å². The molecule has 0 aromatic heterocycles. The number of nitrogens with one attached hydrogen (secondary N) is 1. The maximum Gasteiger partial charge on any atom is 0.408 e. The SMILES string of the molecule is COc1ccc(C(=O)C(OC(=O)NC2CCCCC2)c2ccc(OC)cc2)cc1. The number of carbonyl (C=O) groups is 2. The molecule has 0 saturated heterocycles. The zero-order valence-corrected chi connectivity index (χ0v) is 16.9. The lowest BCUT2D eigenvalue weighted by Crippen LogP contribution is -2.38. The number of hydrogen-bond donors (Lipinski definition) is 1. The van der Waals surface area contributed by atoms with E-state index in [0.717, 1.165) is 25.7 Å². The summed E-state index contributed by atoms with van der Waals surface area (Å²) in [5.41, 5.74) is 1.03. The molecule has 0 spiro atoms. The Labute approximate surface area is 171 Å². The molecule has 6 heteroatoms. The number of rotatable bonds is 7. The highest BCUT2D eigenvalue weighted by Gasteiger charge is 2.27. The molecule has 0 heterocycles. The van der Waals surface area contributed by atoms with Crippen molar-refractivity contribution in [3.05, 3.63) is 59.7 Å². The first-order chi connectivity index (χ1) is 14.1. The van der Waals surface area contributed by atoms with E-state index in [4.69, 9.17) is 14.2 Å². The summed E-state index contributed by atoms with van der Waals surface area (Å²) in [6.45, 7) is 0. The van der Waals surface area contributed by atoms with Crippen molar-refractivity contribution in [2.75, 3.05) is 14.2 Å². The van der Waals surface area contributed by atoms with Crippen molar-refractivity contribution in [2.24, 2.45) is 0 Å². The molecule has 0 radical (unpaired) electrons. The van der Waals surface area contributed by atoms with E-state index in [0.29, 0.717) is 22.6 Å². The lowest BCUT2D eigenvalue weighted by atomic mass is 9.96. The van der Waals surface area contributed by atoms with Gasteiger partial charge in [0.1, 0.15) is 11.5 Å². The molecule has 0 bridgehead atoms. The molecule has 0 aliphatic heterocycles. The number of ether oxygens (including phenoxy) is 3. The predicted octanol–water partition coefficient (Wildman–Crippen LogP) is 4.69. The molecule has 154 valence electrons. The maximum absolute atomic E-state index is 13.2. The highest BCUT2D eigenvalue weighted by Crippen LogP contribution is 2.26. The van der Waals surface area contributed by atoms with Crippen LogP contribution in [-0.2, 0) is 4.74 Å². The van der Waals surface area contributed by atoms with Crippen LogP contribution in [0.1, 0.15) is 54.1 Å². The summed E-state index contributed by atoms with van der Waals surface area (Å²) in [5, 5.41) is 2.91. The number of amides is 1. The van der Waals surface area contributed by atoms with Gasteiger partial charge in [-0.2, -0.15) is 0 Å². The van der Waals surface area contributed by atoms with Crippen LogP contribution in [0.15, 0.2) is 48.5 Å². The lowest BCUT2D eigenvalue weighted by Gasteiger charge is -2.24. The van der Waals surface area contributed by atoms with Crippen LogP contribution < -0.4 is 14.8 Å². The van der Waals surface area contributed by atoms with Gasteiger partial charge in [0.15, 0.2) is 6.10 Å². The Balaban J connectivity index is 1.79. The third kappa shape index (κ3) is 5.50. The van der Waals surface area contributed by atoms with Crippen molar-refractivity contribution in [2.45, 2.75) is 44.2 Å². The Morgan fingerprint density at radius 2 is 1.41 bits per heavy atom. The van der Waals surface area contributed by atoms with Crippen LogP contribution in [0.2, 0.25) is 0 Å². The van der Waals surface area contributed by atoms with E-state index in [9.17, 15) is 9.59 Å². The van der Waals surface area contributed by atoms with Crippen LogP contribution in [0.5, 0.6) is 11.5 Å².